The minimum atomic E-state index is -0.267. The van der Waals surface area contributed by atoms with Gasteiger partial charge >= 0.3 is 0 Å². The van der Waals surface area contributed by atoms with Gasteiger partial charge in [0.05, 0.1) is 5.69 Å². The van der Waals surface area contributed by atoms with Crippen molar-refractivity contribution in [2.24, 2.45) is 7.05 Å². The van der Waals surface area contributed by atoms with E-state index in [1.165, 1.54) is 17.5 Å². The number of fused-ring (bicyclic) bond motifs is 1. The Labute approximate surface area is 192 Å². The highest BCUT2D eigenvalue weighted by atomic mass is 16.1. The van der Waals surface area contributed by atoms with Gasteiger partial charge in [0.2, 0.25) is 0 Å². The van der Waals surface area contributed by atoms with Crippen molar-refractivity contribution in [2.45, 2.75) is 25.2 Å². The largest absolute Gasteiger partial charge is 0.383 e. The van der Waals surface area contributed by atoms with Gasteiger partial charge in [0.1, 0.15) is 17.8 Å². The van der Waals surface area contributed by atoms with Crippen molar-refractivity contribution in [1.82, 2.24) is 25.1 Å². The second kappa shape index (κ2) is 8.16. The van der Waals surface area contributed by atoms with Crippen molar-refractivity contribution in [3.05, 3.63) is 95.1 Å². The third-order valence-corrected chi connectivity index (χ3v) is 6.58. The van der Waals surface area contributed by atoms with Crippen LogP contribution in [0.5, 0.6) is 0 Å². The lowest BCUT2D eigenvalue weighted by molar-refractivity contribution is 0.0937. The molecule has 0 unspecified atom stereocenters. The number of hydrogen-bond donors (Lipinski definition) is 2. The van der Waals surface area contributed by atoms with Crippen LogP contribution in [0.15, 0.2) is 67.1 Å². The fourth-order valence-corrected chi connectivity index (χ4v) is 4.75. The second-order valence-electron chi connectivity index (χ2n) is 8.77. The molecule has 0 bridgehead atoms. The van der Waals surface area contributed by atoms with Crippen LogP contribution >= 0.6 is 0 Å². The van der Waals surface area contributed by atoms with Crippen LogP contribution in [0.4, 0.5) is 5.82 Å². The Bertz CT molecular complexity index is 1320. The number of nitrogens with one attached hydrogen (secondary N) is 1. The quantitative estimate of drug-likeness (QED) is 0.498. The highest BCUT2D eigenvalue weighted by Crippen LogP contribution is 2.41. The summed E-state index contributed by atoms with van der Waals surface area (Å²) in [5.41, 5.74) is 12.7. The Morgan fingerprint density at radius 2 is 1.85 bits per heavy atom. The molecule has 0 aliphatic heterocycles. The number of hydrogen-bond acceptors (Lipinski definition) is 5. The van der Waals surface area contributed by atoms with Gasteiger partial charge in [0, 0.05) is 36.3 Å². The standard InChI is InChI=1S/C26H26N6O/c1-17-23(29-16-30-24(17)27)18-8-5-9-21(12-18)26(13-19-6-3-4-7-20(19)14-26)15-28-25(33)22-10-11-32(2)31-22/h3-12,16H,13-15H2,1-2H3,(H,28,33)(H2,27,29,30). The third-order valence-electron chi connectivity index (χ3n) is 6.58. The molecule has 5 rings (SSSR count). The number of amides is 1. The topological polar surface area (TPSA) is 98.7 Å². The SMILES string of the molecule is Cc1c(N)ncnc1-c1cccc(C2(CNC(=O)c3ccn(C)n3)Cc3ccccc3C2)c1. The van der Waals surface area contributed by atoms with Gasteiger partial charge in [0.25, 0.3) is 5.91 Å². The van der Waals surface area contributed by atoms with Crippen LogP contribution in [0.2, 0.25) is 0 Å². The van der Waals surface area contributed by atoms with E-state index >= 15 is 0 Å². The molecule has 0 saturated heterocycles. The minimum Gasteiger partial charge on any atom is -0.383 e. The normalized spacial score (nSPS) is 14.1. The molecule has 0 radical (unpaired) electrons. The van der Waals surface area contributed by atoms with Gasteiger partial charge < -0.3 is 11.1 Å². The third kappa shape index (κ3) is 3.86. The van der Waals surface area contributed by atoms with E-state index in [4.69, 9.17) is 5.73 Å². The maximum Gasteiger partial charge on any atom is 0.271 e. The smallest absolute Gasteiger partial charge is 0.271 e. The minimum absolute atomic E-state index is 0.165. The molecule has 1 aliphatic rings. The van der Waals surface area contributed by atoms with Gasteiger partial charge in [-0.05, 0) is 48.6 Å². The molecule has 0 fully saturated rings. The maximum absolute atomic E-state index is 12.8. The number of benzene rings is 2. The molecule has 3 N–H and O–H groups in total. The fraction of sp³-hybridized carbons (Fsp3) is 0.231. The van der Waals surface area contributed by atoms with Gasteiger partial charge in [-0.15, -0.1) is 0 Å². The van der Waals surface area contributed by atoms with Gasteiger partial charge in [0.15, 0.2) is 0 Å². The Kier molecular flexibility index (Phi) is 5.17. The molecule has 4 aromatic rings. The highest BCUT2D eigenvalue weighted by molar-refractivity contribution is 5.92. The maximum atomic E-state index is 12.8. The molecule has 7 heteroatoms. The Morgan fingerprint density at radius 1 is 1.09 bits per heavy atom. The van der Waals surface area contributed by atoms with E-state index in [1.807, 2.05) is 19.1 Å². The van der Waals surface area contributed by atoms with Crippen molar-refractivity contribution in [3.8, 4) is 11.3 Å². The van der Waals surface area contributed by atoms with Crippen LogP contribution in [0.25, 0.3) is 11.3 Å². The Hall–Kier alpha value is -4.00. The number of nitrogen functional groups attached to an aromatic ring is 1. The molecule has 33 heavy (non-hydrogen) atoms. The lowest BCUT2D eigenvalue weighted by Gasteiger charge is -2.30. The predicted molar refractivity (Wildman–Crippen MR) is 128 cm³/mol. The predicted octanol–water partition coefficient (Wildman–Crippen LogP) is 3.23. The summed E-state index contributed by atoms with van der Waals surface area (Å²) in [4.78, 5) is 21.4. The molecule has 0 saturated carbocycles. The van der Waals surface area contributed by atoms with E-state index in [0.717, 1.165) is 35.2 Å². The molecule has 1 aliphatic carbocycles. The second-order valence-corrected chi connectivity index (χ2v) is 8.77. The van der Waals surface area contributed by atoms with E-state index in [1.54, 1.807) is 24.0 Å². The first-order valence-electron chi connectivity index (χ1n) is 11.0. The number of nitrogens with two attached hydrogens (primary N) is 1. The number of aromatic nitrogens is 4. The first-order valence-corrected chi connectivity index (χ1v) is 11.0. The van der Waals surface area contributed by atoms with Crippen LogP contribution in [0.3, 0.4) is 0 Å². The summed E-state index contributed by atoms with van der Waals surface area (Å²) in [5.74, 6) is 0.317. The summed E-state index contributed by atoms with van der Waals surface area (Å²) in [5, 5.41) is 7.39. The summed E-state index contributed by atoms with van der Waals surface area (Å²) in [6, 6.07) is 18.6. The molecule has 166 valence electrons. The zero-order valence-corrected chi connectivity index (χ0v) is 18.7. The number of carbonyl (C=O) groups is 1. The van der Waals surface area contributed by atoms with Gasteiger partial charge in [-0.3, -0.25) is 9.48 Å². The molecule has 0 atom stereocenters. The van der Waals surface area contributed by atoms with Gasteiger partial charge in [-0.25, -0.2) is 9.97 Å². The highest BCUT2D eigenvalue weighted by Gasteiger charge is 2.39. The number of rotatable bonds is 5. The van der Waals surface area contributed by atoms with Crippen molar-refractivity contribution < 1.29 is 4.79 Å². The first kappa shape index (κ1) is 20.9. The Balaban J connectivity index is 1.52. The van der Waals surface area contributed by atoms with Gasteiger partial charge in [-0.2, -0.15) is 5.10 Å². The molecule has 2 aromatic carbocycles. The lowest BCUT2D eigenvalue weighted by atomic mass is 9.76. The zero-order chi connectivity index (χ0) is 23.0. The van der Waals surface area contributed by atoms with Crippen LogP contribution in [0.1, 0.15) is 32.7 Å². The number of carbonyl (C=O) groups excluding carboxylic acids is 1. The summed E-state index contributed by atoms with van der Waals surface area (Å²) in [7, 11) is 1.80. The number of anilines is 1. The van der Waals surface area contributed by atoms with Crippen molar-refractivity contribution in [1.29, 1.82) is 0 Å². The number of aryl methyl sites for hydroxylation is 1. The van der Waals surface area contributed by atoms with E-state index in [0.29, 0.717) is 18.1 Å². The molecular formula is C26H26N6O. The lowest BCUT2D eigenvalue weighted by Crippen LogP contribution is -2.41. The first-order chi connectivity index (χ1) is 15.9. The zero-order valence-electron chi connectivity index (χ0n) is 18.7. The fourth-order valence-electron chi connectivity index (χ4n) is 4.75. The average molecular weight is 439 g/mol. The van der Waals surface area contributed by atoms with Crippen LogP contribution in [-0.4, -0.2) is 32.2 Å². The molecule has 0 spiro atoms. The van der Waals surface area contributed by atoms with Crippen molar-refractivity contribution >= 4 is 11.7 Å². The van der Waals surface area contributed by atoms with Crippen LogP contribution in [-0.2, 0) is 25.3 Å². The summed E-state index contributed by atoms with van der Waals surface area (Å²) < 4.78 is 1.63. The summed E-state index contributed by atoms with van der Waals surface area (Å²) in [6.07, 6.45) is 4.97. The van der Waals surface area contributed by atoms with E-state index < -0.39 is 0 Å². The van der Waals surface area contributed by atoms with E-state index in [-0.39, 0.29) is 11.3 Å². The molecule has 2 aromatic heterocycles. The van der Waals surface area contributed by atoms with Gasteiger partial charge in [-0.1, -0.05) is 42.5 Å². The molecule has 7 nitrogen and oxygen atoms in total. The summed E-state index contributed by atoms with van der Waals surface area (Å²) in [6.45, 7) is 2.44. The van der Waals surface area contributed by atoms with Crippen LogP contribution in [0, 0.1) is 6.92 Å². The number of nitrogens with zero attached hydrogens (tertiary/aromatic N) is 4. The van der Waals surface area contributed by atoms with Crippen LogP contribution < -0.4 is 11.1 Å². The van der Waals surface area contributed by atoms with Crippen molar-refractivity contribution in [3.63, 3.8) is 0 Å². The Morgan fingerprint density at radius 3 is 2.55 bits per heavy atom. The summed E-state index contributed by atoms with van der Waals surface area (Å²) >= 11 is 0. The monoisotopic (exact) mass is 438 g/mol. The van der Waals surface area contributed by atoms with E-state index in [2.05, 4.69) is 56.8 Å². The average Bonchev–Trinajstić information content (AvgIpc) is 3.43. The van der Waals surface area contributed by atoms with E-state index in [9.17, 15) is 4.79 Å². The molecule has 1 amide bonds. The van der Waals surface area contributed by atoms with Crippen molar-refractivity contribution in [2.75, 3.05) is 12.3 Å². The molecular weight excluding hydrogens is 412 g/mol. The molecule has 2 heterocycles.